The predicted octanol–water partition coefficient (Wildman–Crippen LogP) is 4.20. The number of amides is 1. The number of hydrogen-bond acceptors (Lipinski definition) is 8. The Morgan fingerprint density at radius 3 is 2.70 bits per heavy atom. The zero-order chi connectivity index (χ0) is 21.7. The Hall–Kier alpha value is -2.46. The van der Waals surface area contributed by atoms with Crippen LogP contribution in [0.1, 0.15) is 48.8 Å². The Bertz CT molecular complexity index is 1010. The highest BCUT2D eigenvalue weighted by atomic mass is 32.2. The van der Waals surface area contributed by atoms with Gasteiger partial charge in [-0.15, -0.1) is 20.4 Å². The second-order valence-electron chi connectivity index (χ2n) is 7.11. The molecule has 1 N–H and O–H groups in total. The molecule has 2 heterocycles. The van der Waals surface area contributed by atoms with E-state index in [2.05, 4.69) is 52.5 Å². The van der Waals surface area contributed by atoms with Crippen molar-refractivity contribution in [2.24, 2.45) is 0 Å². The zero-order valence-electron chi connectivity index (χ0n) is 17.8. The number of thioether (sulfide) groups is 1. The Morgan fingerprint density at radius 2 is 2.03 bits per heavy atom. The number of nitrogens with one attached hydrogen (secondary N) is 1. The van der Waals surface area contributed by atoms with E-state index < -0.39 is 0 Å². The minimum atomic E-state index is -0.148. The SMILES string of the molecule is CCc1nnc(NC(=O)CSc2nnc(COc3ccc(C)cc3C)n2C(C)C)s1. The Morgan fingerprint density at radius 1 is 1.23 bits per heavy atom. The summed E-state index contributed by atoms with van der Waals surface area (Å²) in [6, 6.07) is 6.22. The molecule has 0 aliphatic heterocycles. The molecule has 10 heteroatoms. The summed E-state index contributed by atoms with van der Waals surface area (Å²) in [5.41, 5.74) is 2.28. The lowest BCUT2D eigenvalue weighted by atomic mass is 10.1. The van der Waals surface area contributed by atoms with Crippen LogP contribution in [0.3, 0.4) is 0 Å². The molecule has 0 saturated heterocycles. The first-order valence-corrected chi connectivity index (χ1v) is 11.6. The lowest BCUT2D eigenvalue weighted by molar-refractivity contribution is -0.113. The molecule has 0 atom stereocenters. The lowest BCUT2D eigenvalue weighted by Gasteiger charge is -2.15. The molecule has 0 fully saturated rings. The normalized spacial score (nSPS) is 11.1. The maximum atomic E-state index is 12.3. The first kappa shape index (κ1) is 22.2. The summed E-state index contributed by atoms with van der Waals surface area (Å²) in [4.78, 5) is 12.3. The maximum Gasteiger partial charge on any atom is 0.236 e. The second kappa shape index (κ2) is 10.0. The van der Waals surface area contributed by atoms with E-state index in [1.54, 1.807) is 0 Å². The van der Waals surface area contributed by atoms with Gasteiger partial charge in [-0.2, -0.15) is 0 Å². The van der Waals surface area contributed by atoms with Gasteiger partial charge in [-0.25, -0.2) is 0 Å². The van der Waals surface area contributed by atoms with Gasteiger partial charge in [0.1, 0.15) is 17.4 Å². The van der Waals surface area contributed by atoms with Crippen LogP contribution in [0.15, 0.2) is 23.4 Å². The predicted molar refractivity (Wildman–Crippen MR) is 119 cm³/mol. The van der Waals surface area contributed by atoms with Crippen LogP contribution in [0.25, 0.3) is 0 Å². The third-order valence-electron chi connectivity index (χ3n) is 4.29. The van der Waals surface area contributed by atoms with Gasteiger partial charge in [0, 0.05) is 6.04 Å². The maximum absolute atomic E-state index is 12.3. The molecule has 0 saturated carbocycles. The van der Waals surface area contributed by atoms with E-state index in [1.165, 1.54) is 28.7 Å². The van der Waals surface area contributed by atoms with Crippen molar-refractivity contribution in [3.63, 3.8) is 0 Å². The van der Waals surface area contributed by atoms with Gasteiger partial charge in [-0.1, -0.05) is 47.7 Å². The van der Waals surface area contributed by atoms with Gasteiger partial charge in [-0.3, -0.25) is 10.1 Å². The smallest absolute Gasteiger partial charge is 0.236 e. The summed E-state index contributed by atoms with van der Waals surface area (Å²) < 4.78 is 7.98. The van der Waals surface area contributed by atoms with Crippen molar-refractivity contribution in [2.45, 2.75) is 58.8 Å². The molecule has 0 spiro atoms. The monoisotopic (exact) mass is 446 g/mol. The highest BCUT2D eigenvalue weighted by molar-refractivity contribution is 7.99. The number of nitrogens with zero attached hydrogens (tertiary/aromatic N) is 5. The van der Waals surface area contributed by atoms with E-state index in [0.29, 0.717) is 16.9 Å². The Balaban J connectivity index is 1.62. The van der Waals surface area contributed by atoms with Crippen molar-refractivity contribution < 1.29 is 9.53 Å². The summed E-state index contributed by atoms with van der Waals surface area (Å²) in [6.45, 7) is 10.5. The number of carbonyl (C=O) groups is 1. The van der Waals surface area contributed by atoms with Crippen molar-refractivity contribution in [3.05, 3.63) is 40.2 Å². The largest absolute Gasteiger partial charge is 0.485 e. The van der Waals surface area contributed by atoms with Crippen LogP contribution in [0.2, 0.25) is 0 Å². The summed E-state index contributed by atoms with van der Waals surface area (Å²) in [7, 11) is 0. The third kappa shape index (κ3) is 5.57. The van der Waals surface area contributed by atoms with Gasteiger partial charge in [0.25, 0.3) is 0 Å². The molecule has 1 aromatic carbocycles. The number of anilines is 1. The van der Waals surface area contributed by atoms with E-state index in [4.69, 9.17) is 4.74 Å². The van der Waals surface area contributed by atoms with Crippen LogP contribution in [0.5, 0.6) is 5.75 Å². The van der Waals surface area contributed by atoms with Gasteiger partial charge >= 0.3 is 0 Å². The van der Waals surface area contributed by atoms with Gasteiger partial charge < -0.3 is 9.30 Å². The molecule has 3 aromatic rings. The molecular weight excluding hydrogens is 420 g/mol. The molecule has 0 aliphatic carbocycles. The number of aromatic nitrogens is 5. The second-order valence-corrected chi connectivity index (χ2v) is 9.12. The molecule has 0 radical (unpaired) electrons. The number of hydrogen-bond donors (Lipinski definition) is 1. The van der Waals surface area contributed by atoms with Crippen molar-refractivity contribution >= 4 is 34.1 Å². The van der Waals surface area contributed by atoms with Crippen LogP contribution in [0.4, 0.5) is 5.13 Å². The molecule has 8 nitrogen and oxygen atoms in total. The highest BCUT2D eigenvalue weighted by Gasteiger charge is 2.18. The van der Waals surface area contributed by atoms with Gasteiger partial charge in [0.2, 0.25) is 11.0 Å². The lowest BCUT2D eigenvalue weighted by Crippen LogP contribution is -2.15. The molecule has 0 unspecified atom stereocenters. The molecule has 30 heavy (non-hydrogen) atoms. The summed E-state index contributed by atoms with van der Waals surface area (Å²) >= 11 is 2.73. The summed E-state index contributed by atoms with van der Waals surface area (Å²) in [5.74, 6) is 1.62. The van der Waals surface area contributed by atoms with E-state index >= 15 is 0 Å². The summed E-state index contributed by atoms with van der Waals surface area (Å²) in [6.07, 6.45) is 0.798. The number of carbonyl (C=O) groups excluding carboxylic acids is 1. The van der Waals surface area contributed by atoms with Crippen LogP contribution in [-0.4, -0.2) is 36.6 Å². The van der Waals surface area contributed by atoms with E-state index in [-0.39, 0.29) is 17.7 Å². The van der Waals surface area contributed by atoms with Crippen molar-refractivity contribution in [1.82, 2.24) is 25.0 Å². The average molecular weight is 447 g/mol. The van der Waals surface area contributed by atoms with Crippen LogP contribution in [0, 0.1) is 13.8 Å². The number of ether oxygens (including phenoxy) is 1. The molecule has 0 aliphatic rings. The quantitative estimate of drug-likeness (QED) is 0.492. The summed E-state index contributed by atoms with van der Waals surface area (Å²) in [5, 5.41) is 21.4. The molecular formula is C20H26N6O2S2. The molecule has 160 valence electrons. The fourth-order valence-electron chi connectivity index (χ4n) is 2.86. The first-order valence-electron chi connectivity index (χ1n) is 9.76. The minimum Gasteiger partial charge on any atom is -0.485 e. The highest BCUT2D eigenvalue weighted by Crippen LogP contribution is 2.24. The van der Waals surface area contributed by atoms with E-state index in [1.807, 2.05) is 30.5 Å². The fourth-order valence-corrected chi connectivity index (χ4v) is 4.44. The van der Waals surface area contributed by atoms with Crippen molar-refractivity contribution in [3.8, 4) is 5.75 Å². The number of aryl methyl sites for hydroxylation is 3. The average Bonchev–Trinajstić information content (AvgIpc) is 3.32. The van der Waals surface area contributed by atoms with Crippen molar-refractivity contribution in [1.29, 1.82) is 0 Å². The topological polar surface area (TPSA) is 94.8 Å². The Kier molecular flexibility index (Phi) is 7.43. The van der Waals surface area contributed by atoms with Gasteiger partial charge in [0.05, 0.1) is 5.75 Å². The molecule has 1 amide bonds. The van der Waals surface area contributed by atoms with Gasteiger partial charge in [-0.05, 0) is 45.7 Å². The van der Waals surface area contributed by atoms with Crippen LogP contribution >= 0.6 is 23.1 Å². The van der Waals surface area contributed by atoms with Crippen LogP contribution < -0.4 is 10.1 Å². The minimum absolute atomic E-state index is 0.138. The number of rotatable bonds is 9. The Labute approximate surface area is 184 Å². The molecule has 3 rings (SSSR count). The third-order valence-corrected chi connectivity index (χ3v) is 6.21. The van der Waals surface area contributed by atoms with Gasteiger partial charge in [0.15, 0.2) is 11.0 Å². The zero-order valence-corrected chi connectivity index (χ0v) is 19.4. The molecule has 0 bridgehead atoms. The van der Waals surface area contributed by atoms with Crippen molar-refractivity contribution in [2.75, 3.05) is 11.1 Å². The van der Waals surface area contributed by atoms with E-state index in [9.17, 15) is 4.79 Å². The van der Waals surface area contributed by atoms with Crippen LogP contribution in [-0.2, 0) is 17.8 Å². The number of benzene rings is 1. The standard InChI is InChI=1S/C20H26N6O2S2/c1-6-18-23-24-19(30-18)21-17(27)11-29-20-25-22-16(26(20)12(2)3)10-28-15-8-7-13(4)9-14(15)5/h7-9,12H,6,10-11H2,1-5H3,(H,21,24,27). The van der Waals surface area contributed by atoms with E-state index in [0.717, 1.165) is 28.6 Å². The first-order chi connectivity index (χ1) is 14.4. The fraction of sp³-hybridized carbons (Fsp3) is 0.450. The molecule has 2 aromatic heterocycles.